The number of thiophene rings is 1. The predicted molar refractivity (Wildman–Crippen MR) is 56.3 cm³/mol. The van der Waals surface area contributed by atoms with Gasteiger partial charge in [-0.15, -0.1) is 0 Å². The van der Waals surface area contributed by atoms with E-state index in [-0.39, 0.29) is 11.4 Å². The molecule has 0 aliphatic rings. The molecule has 1 aromatic heterocycles. The highest BCUT2D eigenvalue weighted by atomic mass is 32.1. The van der Waals surface area contributed by atoms with Gasteiger partial charge in [-0.25, -0.2) is 0 Å². The molecule has 0 aliphatic carbocycles. The third-order valence-electron chi connectivity index (χ3n) is 2.03. The second kappa shape index (κ2) is 3.98. The van der Waals surface area contributed by atoms with E-state index in [1.54, 1.807) is 19.9 Å². The van der Waals surface area contributed by atoms with E-state index in [1.807, 2.05) is 0 Å². The van der Waals surface area contributed by atoms with Gasteiger partial charge in [0, 0.05) is 16.4 Å². The Kier molecular flexibility index (Phi) is 3.09. The van der Waals surface area contributed by atoms with Gasteiger partial charge >= 0.3 is 11.0 Å². The number of carboxylic acid groups (broad SMARTS) is 1. The monoisotopic (exact) mass is 229 g/mol. The number of carboxylic acids is 1. The van der Waals surface area contributed by atoms with E-state index in [0.29, 0.717) is 0 Å². The van der Waals surface area contributed by atoms with Crippen LogP contribution in [0.15, 0.2) is 12.1 Å². The van der Waals surface area contributed by atoms with Gasteiger partial charge in [-0.05, 0) is 6.07 Å². The van der Waals surface area contributed by atoms with Crippen molar-refractivity contribution in [1.82, 2.24) is 0 Å². The minimum absolute atomic E-state index is 0.0370. The highest BCUT2D eigenvalue weighted by molar-refractivity contribution is 7.15. The number of nitrogens with zero attached hydrogens (tertiary/aromatic N) is 1. The first-order valence-corrected chi connectivity index (χ1v) is 5.11. The Bertz CT molecular complexity index is 397. The summed E-state index contributed by atoms with van der Waals surface area (Å²) in [6, 6.07) is 3.02. The molecule has 0 aromatic carbocycles. The van der Waals surface area contributed by atoms with Crippen molar-refractivity contribution in [2.24, 2.45) is 0 Å². The van der Waals surface area contributed by atoms with Crippen LogP contribution in [0.1, 0.15) is 25.1 Å². The molecule has 0 bridgehead atoms. The maximum absolute atomic E-state index is 10.6. The van der Waals surface area contributed by atoms with Gasteiger partial charge < -0.3 is 5.11 Å². The number of nitro groups is 1. The minimum Gasteiger partial charge on any atom is -0.481 e. The molecule has 1 N–H and O–H groups in total. The Balaban J connectivity index is 2.94. The molecular weight excluding hydrogens is 218 g/mol. The summed E-state index contributed by atoms with van der Waals surface area (Å²) in [5.74, 6) is -0.906. The Morgan fingerprint density at radius 1 is 1.60 bits per heavy atom. The summed E-state index contributed by atoms with van der Waals surface area (Å²) >= 11 is 1.03. The zero-order chi connectivity index (χ0) is 11.6. The molecule has 0 fully saturated rings. The van der Waals surface area contributed by atoms with Crippen molar-refractivity contribution in [3.63, 3.8) is 0 Å². The van der Waals surface area contributed by atoms with E-state index in [4.69, 9.17) is 5.11 Å². The van der Waals surface area contributed by atoms with Crippen LogP contribution in [0.25, 0.3) is 0 Å². The molecule has 0 spiro atoms. The van der Waals surface area contributed by atoms with Crippen LogP contribution in [0.4, 0.5) is 5.00 Å². The summed E-state index contributed by atoms with van der Waals surface area (Å²) < 4.78 is 0. The van der Waals surface area contributed by atoms with Crippen LogP contribution in [-0.4, -0.2) is 16.0 Å². The van der Waals surface area contributed by atoms with E-state index in [1.165, 1.54) is 6.07 Å². The van der Waals surface area contributed by atoms with E-state index in [9.17, 15) is 14.9 Å². The van der Waals surface area contributed by atoms with Crippen molar-refractivity contribution >= 4 is 22.3 Å². The summed E-state index contributed by atoms with van der Waals surface area (Å²) in [6.45, 7) is 3.52. The van der Waals surface area contributed by atoms with Crippen molar-refractivity contribution in [2.45, 2.75) is 25.7 Å². The molecule has 15 heavy (non-hydrogen) atoms. The zero-order valence-corrected chi connectivity index (χ0v) is 9.21. The van der Waals surface area contributed by atoms with Gasteiger partial charge in [0.05, 0.1) is 11.3 Å². The largest absolute Gasteiger partial charge is 0.481 e. The lowest BCUT2D eigenvalue weighted by Gasteiger charge is -2.19. The highest BCUT2D eigenvalue weighted by Gasteiger charge is 2.27. The molecule has 0 saturated heterocycles. The van der Waals surface area contributed by atoms with Crippen LogP contribution in [0.3, 0.4) is 0 Å². The number of aliphatic carboxylic acids is 1. The maximum atomic E-state index is 10.6. The molecule has 0 unspecified atom stereocenters. The first kappa shape index (κ1) is 11.6. The van der Waals surface area contributed by atoms with E-state index in [2.05, 4.69) is 0 Å². The second-order valence-electron chi connectivity index (χ2n) is 3.85. The number of rotatable bonds is 4. The van der Waals surface area contributed by atoms with Crippen LogP contribution < -0.4 is 0 Å². The molecule has 5 nitrogen and oxygen atoms in total. The number of hydrogen-bond acceptors (Lipinski definition) is 4. The summed E-state index contributed by atoms with van der Waals surface area (Å²) in [5, 5.41) is 19.2. The Labute approximate surface area is 90.5 Å². The highest BCUT2D eigenvalue weighted by Crippen LogP contribution is 2.35. The predicted octanol–water partition coefficient (Wildman–Crippen LogP) is 2.41. The fourth-order valence-electron chi connectivity index (χ4n) is 1.25. The molecular formula is C9H11NO4S. The lowest BCUT2D eigenvalue weighted by atomic mass is 9.88. The molecule has 0 saturated carbocycles. The molecule has 6 heteroatoms. The van der Waals surface area contributed by atoms with Gasteiger partial charge in [-0.1, -0.05) is 25.2 Å². The molecule has 0 aliphatic heterocycles. The van der Waals surface area contributed by atoms with Crippen LogP contribution in [-0.2, 0) is 10.2 Å². The summed E-state index contributed by atoms with van der Waals surface area (Å²) in [5.41, 5.74) is -0.565. The van der Waals surface area contributed by atoms with Gasteiger partial charge in [0.15, 0.2) is 0 Å². The van der Waals surface area contributed by atoms with Crippen molar-refractivity contribution < 1.29 is 14.8 Å². The lowest BCUT2D eigenvalue weighted by Crippen LogP contribution is -2.20. The van der Waals surface area contributed by atoms with E-state index < -0.39 is 16.3 Å². The molecule has 0 radical (unpaired) electrons. The van der Waals surface area contributed by atoms with Gasteiger partial charge in [0.2, 0.25) is 0 Å². The summed E-state index contributed by atoms with van der Waals surface area (Å²) in [4.78, 5) is 21.3. The average Bonchev–Trinajstić information content (AvgIpc) is 2.48. The molecule has 1 aromatic rings. The fraction of sp³-hybridized carbons (Fsp3) is 0.444. The SMILES string of the molecule is CC(C)(CC(=O)O)c1ccc([N+](=O)[O-])s1. The molecule has 0 atom stereocenters. The van der Waals surface area contributed by atoms with Gasteiger partial charge in [0.25, 0.3) is 0 Å². The van der Waals surface area contributed by atoms with Crippen LogP contribution in [0, 0.1) is 10.1 Å². The average molecular weight is 229 g/mol. The zero-order valence-electron chi connectivity index (χ0n) is 8.39. The topological polar surface area (TPSA) is 80.4 Å². The fourth-order valence-corrected chi connectivity index (χ4v) is 2.18. The quantitative estimate of drug-likeness (QED) is 0.635. The first-order valence-electron chi connectivity index (χ1n) is 4.29. The summed E-state index contributed by atoms with van der Waals surface area (Å²) in [7, 11) is 0. The van der Waals surface area contributed by atoms with Crippen LogP contribution >= 0.6 is 11.3 Å². The van der Waals surface area contributed by atoms with Gasteiger partial charge in [0.1, 0.15) is 0 Å². The standard InChI is InChI=1S/C9H11NO4S/c1-9(2,5-8(11)12)6-3-4-7(15-6)10(13)14/h3-4H,5H2,1-2H3,(H,11,12). The van der Waals surface area contributed by atoms with Crippen molar-refractivity contribution in [1.29, 1.82) is 0 Å². The third kappa shape index (κ3) is 2.76. The van der Waals surface area contributed by atoms with Crippen LogP contribution in [0.2, 0.25) is 0 Å². The molecule has 1 heterocycles. The smallest absolute Gasteiger partial charge is 0.324 e. The minimum atomic E-state index is -0.906. The number of hydrogen-bond donors (Lipinski definition) is 1. The molecule has 1 rings (SSSR count). The van der Waals surface area contributed by atoms with Crippen molar-refractivity contribution in [2.75, 3.05) is 0 Å². The second-order valence-corrected chi connectivity index (χ2v) is 4.91. The molecule has 82 valence electrons. The van der Waals surface area contributed by atoms with E-state index >= 15 is 0 Å². The normalized spacial score (nSPS) is 11.3. The molecule has 0 amide bonds. The Morgan fingerprint density at radius 2 is 2.20 bits per heavy atom. The third-order valence-corrected chi connectivity index (χ3v) is 3.43. The lowest BCUT2D eigenvalue weighted by molar-refractivity contribution is -0.380. The maximum Gasteiger partial charge on any atom is 0.324 e. The van der Waals surface area contributed by atoms with E-state index in [0.717, 1.165) is 16.2 Å². The first-order chi connectivity index (χ1) is 6.83. The Morgan fingerprint density at radius 3 is 2.60 bits per heavy atom. The summed E-state index contributed by atoms with van der Waals surface area (Å²) in [6.07, 6.45) is -0.0370. The Hall–Kier alpha value is -1.43. The van der Waals surface area contributed by atoms with Crippen molar-refractivity contribution in [3.05, 3.63) is 27.1 Å². The van der Waals surface area contributed by atoms with Gasteiger partial charge in [-0.2, -0.15) is 0 Å². The van der Waals surface area contributed by atoms with Crippen molar-refractivity contribution in [3.8, 4) is 0 Å². The van der Waals surface area contributed by atoms with Gasteiger partial charge in [-0.3, -0.25) is 14.9 Å². The van der Waals surface area contributed by atoms with Crippen LogP contribution in [0.5, 0.6) is 0 Å². The number of carbonyl (C=O) groups is 1.